The smallest absolute Gasteiger partial charge is 0.139 e. The van der Waals surface area contributed by atoms with Crippen LogP contribution in [0.25, 0.3) is 0 Å². The Labute approximate surface area is 91.7 Å². The summed E-state index contributed by atoms with van der Waals surface area (Å²) in [5.41, 5.74) is 0. The number of hydrogen-bond donors (Lipinski definition) is 0. The quantitative estimate of drug-likeness (QED) is 0.523. The van der Waals surface area contributed by atoms with Crippen molar-refractivity contribution in [2.24, 2.45) is 5.92 Å². The third kappa shape index (κ3) is 3.75. The van der Waals surface area contributed by atoms with Crippen LogP contribution in [0.3, 0.4) is 0 Å². The number of carbonyl (C=O) groups excluding carboxylic acids is 2. The second kappa shape index (κ2) is 5.55. The van der Waals surface area contributed by atoms with Crippen LogP contribution in [0.2, 0.25) is 6.04 Å². The SMILES string of the molecule is CC(=O)C(C[SiH2]c1ccccn1)C(C)=O. The minimum Gasteiger partial charge on any atom is -0.299 e. The van der Waals surface area contributed by atoms with Gasteiger partial charge in [-0.05, 0) is 32.0 Å². The number of nitrogens with zero attached hydrogens (tertiary/aromatic N) is 1. The Morgan fingerprint density at radius 2 is 2.00 bits per heavy atom. The van der Waals surface area contributed by atoms with Crippen molar-refractivity contribution in [2.45, 2.75) is 19.9 Å². The fourth-order valence-corrected chi connectivity index (χ4v) is 3.47. The van der Waals surface area contributed by atoms with Crippen LogP contribution < -0.4 is 5.32 Å². The fraction of sp³-hybridized carbons (Fsp3) is 0.364. The zero-order chi connectivity index (χ0) is 11.3. The maximum absolute atomic E-state index is 11.2. The molecule has 0 aromatic carbocycles. The molecule has 80 valence electrons. The predicted molar refractivity (Wildman–Crippen MR) is 62.1 cm³/mol. The van der Waals surface area contributed by atoms with Crippen molar-refractivity contribution >= 4 is 26.4 Å². The number of aromatic nitrogens is 1. The Hall–Kier alpha value is -1.29. The van der Waals surface area contributed by atoms with E-state index < -0.39 is 15.4 Å². The summed E-state index contributed by atoms with van der Waals surface area (Å²) in [7, 11) is -0.597. The maximum Gasteiger partial charge on any atom is 0.139 e. The van der Waals surface area contributed by atoms with Gasteiger partial charge in [-0.2, -0.15) is 0 Å². The van der Waals surface area contributed by atoms with Gasteiger partial charge < -0.3 is 0 Å². The molecule has 0 aliphatic carbocycles. The first-order valence-corrected chi connectivity index (χ1v) is 6.72. The lowest BCUT2D eigenvalue weighted by Crippen LogP contribution is -2.26. The molecule has 0 unspecified atom stereocenters. The molecule has 0 saturated carbocycles. The number of ketones is 2. The van der Waals surface area contributed by atoms with E-state index in [4.69, 9.17) is 0 Å². The zero-order valence-corrected chi connectivity index (χ0v) is 10.5. The minimum atomic E-state index is -0.597. The van der Waals surface area contributed by atoms with Crippen molar-refractivity contribution in [1.82, 2.24) is 4.98 Å². The van der Waals surface area contributed by atoms with Gasteiger partial charge in [-0.25, -0.2) is 0 Å². The van der Waals surface area contributed by atoms with E-state index in [1.807, 2.05) is 18.2 Å². The molecular formula is C11H15NO2Si. The molecule has 1 aromatic heterocycles. The molecule has 4 heteroatoms. The van der Waals surface area contributed by atoms with Crippen molar-refractivity contribution in [2.75, 3.05) is 0 Å². The molecule has 1 heterocycles. The van der Waals surface area contributed by atoms with Gasteiger partial charge in [-0.1, -0.05) is 6.07 Å². The molecule has 1 aromatic rings. The van der Waals surface area contributed by atoms with Crippen LogP contribution in [-0.4, -0.2) is 26.1 Å². The summed E-state index contributed by atoms with van der Waals surface area (Å²) in [6.07, 6.45) is 1.75. The second-order valence-corrected chi connectivity index (χ2v) is 5.44. The van der Waals surface area contributed by atoms with Crippen LogP contribution in [0.1, 0.15) is 13.8 Å². The lowest BCUT2D eigenvalue weighted by molar-refractivity contribution is -0.129. The summed E-state index contributed by atoms with van der Waals surface area (Å²) in [5.74, 6) is -0.449. The van der Waals surface area contributed by atoms with E-state index in [-0.39, 0.29) is 11.6 Å². The van der Waals surface area contributed by atoms with Crippen LogP contribution in [0.4, 0.5) is 0 Å². The summed E-state index contributed by atoms with van der Waals surface area (Å²) in [4.78, 5) is 26.6. The van der Waals surface area contributed by atoms with Crippen molar-refractivity contribution < 1.29 is 9.59 Å². The lowest BCUT2D eigenvalue weighted by Gasteiger charge is -2.08. The van der Waals surface area contributed by atoms with Crippen molar-refractivity contribution in [3.63, 3.8) is 0 Å². The topological polar surface area (TPSA) is 47.0 Å². The molecule has 3 nitrogen and oxygen atoms in total. The third-order valence-electron chi connectivity index (χ3n) is 2.40. The molecule has 0 fully saturated rings. The lowest BCUT2D eigenvalue weighted by atomic mass is 10.0. The molecule has 0 radical (unpaired) electrons. The van der Waals surface area contributed by atoms with Crippen LogP contribution in [0.15, 0.2) is 24.4 Å². The highest BCUT2D eigenvalue weighted by atomic mass is 28.2. The van der Waals surface area contributed by atoms with Crippen LogP contribution in [-0.2, 0) is 9.59 Å². The number of pyridine rings is 1. The first-order chi connectivity index (χ1) is 7.11. The fourth-order valence-electron chi connectivity index (χ4n) is 1.53. The normalized spacial score (nSPS) is 11.1. The van der Waals surface area contributed by atoms with Crippen molar-refractivity contribution in [1.29, 1.82) is 0 Å². The molecule has 0 amide bonds. The average molecular weight is 221 g/mol. The van der Waals surface area contributed by atoms with Crippen LogP contribution >= 0.6 is 0 Å². The zero-order valence-electron chi connectivity index (χ0n) is 9.06. The monoisotopic (exact) mass is 221 g/mol. The molecule has 0 atom stereocenters. The Morgan fingerprint density at radius 3 is 2.47 bits per heavy atom. The summed E-state index contributed by atoms with van der Waals surface area (Å²) < 4.78 is 0. The second-order valence-electron chi connectivity index (χ2n) is 3.63. The van der Waals surface area contributed by atoms with Crippen molar-refractivity contribution in [3.8, 4) is 0 Å². The number of Topliss-reactive ketones (excluding diaryl/α,β-unsaturated/α-hetero) is 2. The van der Waals surface area contributed by atoms with E-state index in [0.29, 0.717) is 6.04 Å². The molecule has 15 heavy (non-hydrogen) atoms. The molecule has 0 N–H and O–H groups in total. The van der Waals surface area contributed by atoms with Gasteiger partial charge >= 0.3 is 0 Å². The highest BCUT2D eigenvalue weighted by Gasteiger charge is 2.19. The Kier molecular flexibility index (Phi) is 4.36. The molecule has 0 spiro atoms. The Morgan fingerprint density at radius 1 is 1.33 bits per heavy atom. The van der Waals surface area contributed by atoms with E-state index in [9.17, 15) is 9.59 Å². The van der Waals surface area contributed by atoms with E-state index in [1.165, 1.54) is 13.8 Å². The van der Waals surface area contributed by atoms with Gasteiger partial charge in [0.25, 0.3) is 0 Å². The largest absolute Gasteiger partial charge is 0.299 e. The molecule has 0 aliphatic heterocycles. The number of carbonyl (C=O) groups is 2. The van der Waals surface area contributed by atoms with Crippen LogP contribution in [0.5, 0.6) is 0 Å². The van der Waals surface area contributed by atoms with E-state index in [1.54, 1.807) is 6.20 Å². The molecule has 0 aliphatic rings. The average Bonchev–Trinajstić information content (AvgIpc) is 2.18. The molecule has 0 bridgehead atoms. The van der Waals surface area contributed by atoms with E-state index >= 15 is 0 Å². The molecule has 1 rings (SSSR count). The van der Waals surface area contributed by atoms with Gasteiger partial charge in [-0.3, -0.25) is 14.6 Å². The molecular weight excluding hydrogens is 206 g/mol. The highest BCUT2D eigenvalue weighted by Crippen LogP contribution is 2.05. The predicted octanol–water partition coefficient (Wildman–Crippen LogP) is 0.0882. The van der Waals surface area contributed by atoms with Gasteiger partial charge in [0.2, 0.25) is 0 Å². The highest BCUT2D eigenvalue weighted by molar-refractivity contribution is 6.53. The minimum absolute atomic E-state index is 0.0223. The number of hydrogen-bond acceptors (Lipinski definition) is 3. The summed E-state index contributed by atoms with van der Waals surface area (Å²) >= 11 is 0. The van der Waals surface area contributed by atoms with E-state index in [0.717, 1.165) is 5.32 Å². The van der Waals surface area contributed by atoms with Gasteiger partial charge in [0.15, 0.2) is 0 Å². The summed E-state index contributed by atoms with van der Waals surface area (Å²) in [6, 6.07) is 6.46. The first-order valence-electron chi connectivity index (χ1n) is 5.02. The standard InChI is InChI=1S/C11H15NO2Si/c1-8(13)10(9(2)14)7-15-11-5-3-4-6-12-11/h3-6,10H,7,15H2,1-2H3. The van der Waals surface area contributed by atoms with E-state index in [2.05, 4.69) is 4.98 Å². The van der Waals surface area contributed by atoms with Gasteiger partial charge in [0.05, 0.1) is 15.4 Å². The summed E-state index contributed by atoms with van der Waals surface area (Å²) in [6.45, 7) is 2.97. The summed E-state index contributed by atoms with van der Waals surface area (Å²) in [5, 5.41) is 1.06. The Bertz CT molecular complexity index is 337. The van der Waals surface area contributed by atoms with Gasteiger partial charge in [0.1, 0.15) is 11.6 Å². The Balaban J connectivity index is 2.55. The molecule has 0 saturated heterocycles. The van der Waals surface area contributed by atoms with Gasteiger partial charge in [0, 0.05) is 11.5 Å². The van der Waals surface area contributed by atoms with Crippen molar-refractivity contribution in [3.05, 3.63) is 24.4 Å². The maximum atomic E-state index is 11.2. The third-order valence-corrected chi connectivity index (χ3v) is 4.19. The number of rotatable bonds is 5. The first kappa shape index (κ1) is 11.8. The van der Waals surface area contributed by atoms with Gasteiger partial charge in [-0.15, -0.1) is 0 Å². The van der Waals surface area contributed by atoms with Crippen LogP contribution in [0, 0.1) is 5.92 Å².